The van der Waals surface area contributed by atoms with E-state index in [1.54, 1.807) is 35.0 Å². The van der Waals surface area contributed by atoms with Gasteiger partial charge in [0.2, 0.25) is 0 Å². The first-order chi connectivity index (χ1) is 14.1. The number of ether oxygens (including phenoxy) is 1. The van der Waals surface area contributed by atoms with Crippen LogP contribution in [0, 0.1) is 6.92 Å². The third kappa shape index (κ3) is 4.53. The minimum atomic E-state index is -0.279. The first-order valence-electron chi connectivity index (χ1n) is 8.57. The lowest BCUT2D eigenvalue weighted by atomic mass is 10.2. The van der Waals surface area contributed by atoms with Crippen LogP contribution in [-0.4, -0.2) is 27.6 Å². The molecule has 0 aliphatic heterocycles. The highest BCUT2D eigenvalue weighted by molar-refractivity contribution is 6.55. The average molecular weight is 512 g/mol. The Bertz CT molecular complexity index is 1080. The third-order valence-electron chi connectivity index (χ3n) is 4.49. The molecule has 3 aromatic rings. The zero-order valence-electron chi connectivity index (χ0n) is 16.1. The number of nitrogens with zero attached hydrogens (tertiary/aromatic N) is 3. The van der Waals surface area contributed by atoms with Crippen molar-refractivity contribution < 1.29 is 13.9 Å². The van der Waals surface area contributed by atoms with Gasteiger partial charge in [-0.15, -0.1) is 0 Å². The average Bonchev–Trinajstić information content (AvgIpc) is 3.32. The molecule has 3 rings (SSSR count). The standard InChI is InChI=1S/C19H16Cl5N3O3/c1-9-10(6-25-27(9)3)7-26(2)19(28)12-5-4-11(30-12)8-29-18-16(23)14(21)13(20)15(22)17(18)24/h4-6H,7-8H2,1-3H3. The van der Waals surface area contributed by atoms with Crippen molar-refractivity contribution in [3.63, 3.8) is 0 Å². The molecule has 0 N–H and O–H groups in total. The number of carbonyl (C=O) groups excluding carboxylic acids is 1. The van der Waals surface area contributed by atoms with Crippen LogP contribution in [0.1, 0.15) is 27.6 Å². The largest absolute Gasteiger partial charge is 0.482 e. The van der Waals surface area contributed by atoms with E-state index in [4.69, 9.17) is 67.2 Å². The quantitative estimate of drug-likeness (QED) is 0.282. The van der Waals surface area contributed by atoms with Gasteiger partial charge in [-0.05, 0) is 19.1 Å². The van der Waals surface area contributed by atoms with Crippen LogP contribution in [0.4, 0.5) is 0 Å². The summed E-state index contributed by atoms with van der Waals surface area (Å²) >= 11 is 30.3. The van der Waals surface area contributed by atoms with E-state index in [1.165, 1.54) is 0 Å². The van der Waals surface area contributed by atoms with Crippen molar-refractivity contribution in [2.75, 3.05) is 7.05 Å². The molecule has 2 aromatic heterocycles. The minimum absolute atomic E-state index is 0.0327. The number of hydrogen-bond acceptors (Lipinski definition) is 4. The van der Waals surface area contributed by atoms with Crippen LogP contribution in [0.3, 0.4) is 0 Å². The van der Waals surface area contributed by atoms with Crippen molar-refractivity contribution in [3.05, 3.63) is 66.2 Å². The normalized spacial score (nSPS) is 11.1. The summed E-state index contributed by atoms with van der Waals surface area (Å²) in [5.74, 6) is 0.352. The van der Waals surface area contributed by atoms with Gasteiger partial charge in [-0.1, -0.05) is 58.0 Å². The highest BCUT2D eigenvalue weighted by Gasteiger charge is 2.22. The summed E-state index contributed by atoms with van der Waals surface area (Å²) in [7, 11) is 3.53. The molecular formula is C19H16Cl5N3O3. The van der Waals surface area contributed by atoms with Crippen LogP contribution < -0.4 is 4.74 Å². The fraction of sp³-hybridized carbons (Fsp3) is 0.263. The van der Waals surface area contributed by atoms with E-state index >= 15 is 0 Å². The van der Waals surface area contributed by atoms with Crippen LogP contribution in [0.5, 0.6) is 5.75 Å². The number of aromatic nitrogens is 2. The summed E-state index contributed by atoms with van der Waals surface area (Å²) in [6.07, 6.45) is 1.73. The van der Waals surface area contributed by atoms with Gasteiger partial charge in [0.1, 0.15) is 22.4 Å². The van der Waals surface area contributed by atoms with Gasteiger partial charge in [0, 0.05) is 31.9 Å². The van der Waals surface area contributed by atoms with Crippen LogP contribution >= 0.6 is 58.0 Å². The molecule has 0 bridgehead atoms. The second kappa shape index (κ2) is 9.28. The fourth-order valence-corrected chi connectivity index (χ4v) is 3.87. The molecule has 30 heavy (non-hydrogen) atoms. The van der Waals surface area contributed by atoms with E-state index in [1.807, 2.05) is 14.0 Å². The number of aryl methyl sites for hydroxylation is 1. The lowest BCUT2D eigenvalue weighted by molar-refractivity contribution is 0.0749. The van der Waals surface area contributed by atoms with Gasteiger partial charge in [0.25, 0.3) is 5.91 Å². The first-order valence-corrected chi connectivity index (χ1v) is 10.5. The molecule has 160 valence electrons. The third-order valence-corrected chi connectivity index (χ3v) is 6.73. The molecule has 0 aliphatic carbocycles. The van der Waals surface area contributed by atoms with E-state index in [0.717, 1.165) is 11.3 Å². The van der Waals surface area contributed by atoms with Crippen molar-refractivity contribution in [1.29, 1.82) is 0 Å². The molecule has 0 saturated heterocycles. The van der Waals surface area contributed by atoms with Gasteiger partial charge in [-0.2, -0.15) is 5.10 Å². The Morgan fingerprint density at radius 1 is 1.10 bits per heavy atom. The molecule has 0 spiro atoms. The Morgan fingerprint density at radius 3 is 2.27 bits per heavy atom. The van der Waals surface area contributed by atoms with Gasteiger partial charge >= 0.3 is 0 Å². The summed E-state index contributed by atoms with van der Waals surface area (Å²) < 4.78 is 13.0. The topological polar surface area (TPSA) is 60.5 Å². The molecule has 0 radical (unpaired) electrons. The predicted octanol–water partition coefficient (Wildman–Crippen LogP) is 6.44. The molecule has 0 unspecified atom stereocenters. The summed E-state index contributed by atoms with van der Waals surface area (Å²) in [4.78, 5) is 14.2. The van der Waals surface area contributed by atoms with Crippen molar-refractivity contribution >= 4 is 63.9 Å². The lowest BCUT2D eigenvalue weighted by Crippen LogP contribution is -2.26. The summed E-state index contributed by atoms with van der Waals surface area (Å²) in [5, 5.41) is 4.35. The summed E-state index contributed by atoms with van der Waals surface area (Å²) in [5.41, 5.74) is 1.93. The van der Waals surface area contributed by atoms with E-state index in [0.29, 0.717) is 12.3 Å². The van der Waals surface area contributed by atoms with Crippen LogP contribution in [0.2, 0.25) is 25.1 Å². The van der Waals surface area contributed by atoms with Gasteiger partial charge in [0.15, 0.2) is 11.5 Å². The number of benzene rings is 1. The molecule has 11 heteroatoms. The second-order valence-corrected chi connectivity index (χ2v) is 8.38. The number of carbonyl (C=O) groups is 1. The van der Waals surface area contributed by atoms with Crippen LogP contribution in [-0.2, 0) is 20.2 Å². The summed E-state index contributed by atoms with van der Waals surface area (Å²) in [6, 6.07) is 3.19. The maximum atomic E-state index is 12.7. The van der Waals surface area contributed by atoms with E-state index in [2.05, 4.69) is 5.10 Å². The molecular weight excluding hydrogens is 495 g/mol. The van der Waals surface area contributed by atoms with Gasteiger partial charge in [-0.25, -0.2) is 0 Å². The van der Waals surface area contributed by atoms with Crippen molar-refractivity contribution in [2.24, 2.45) is 7.05 Å². The van der Waals surface area contributed by atoms with Crippen molar-refractivity contribution in [3.8, 4) is 5.75 Å². The molecule has 2 heterocycles. The Hall–Kier alpha value is -1.57. The Morgan fingerprint density at radius 2 is 1.70 bits per heavy atom. The Balaban J connectivity index is 1.70. The van der Waals surface area contributed by atoms with Crippen molar-refractivity contribution in [2.45, 2.75) is 20.1 Å². The SMILES string of the molecule is Cc1c(CN(C)C(=O)c2ccc(COc3c(Cl)c(Cl)c(Cl)c(Cl)c3Cl)o2)cnn1C. The maximum Gasteiger partial charge on any atom is 0.289 e. The molecule has 0 saturated carbocycles. The number of amides is 1. The monoisotopic (exact) mass is 509 g/mol. The van der Waals surface area contributed by atoms with Crippen molar-refractivity contribution in [1.82, 2.24) is 14.7 Å². The minimum Gasteiger partial charge on any atom is -0.482 e. The zero-order chi connectivity index (χ0) is 22.2. The Labute approximate surface area is 198 Å². The Kier molecular flexibility index (Phi) is 7.15. The smallest absolute Gasteiger partial charge is 0.289 e. The second-order valence-electron chi connectivity index (χ2n) is 6.49. The molecule has 0 aliphatic rings. The number of hydrogen-bond donors (Lipinski definition) is 0. The van der Waals surface area contributed by atoms with E-state index in [9.17, 15) is 4.79 Å². The maximum absolute atomic E-state index is 12.7. The van der Waals surface area contributed by atoms with Crippen LogP contribution in [0.25, 0.3) is 0 Å². The van der Waals surface area contributed by atoms with Crippen LogP contribution in [0.15, 0.2) is 22.7 Å². The number of furan rings is 1. The lowest BCUT2D eigenvalue weighted by Gasteiger charge is -2.15. The molecule has 0 atom stereocenters. The molecule has 6 nitrogen and oxygen atoms in total. The zero-order valence-corrected chi connectivity index (χ0v) is 19.9. The highest BCUT2D eigenvalue weighted by Crippen LogP contribution is 2.48. The van der Waals surface area contributed by atoms with Gasteiger partial charge in [-0.3, -0.25) is 9.48 Å². The summed E-state index contributed by atoms with van der Waals surface area (Å²) in [6.45, 7) is 2.29. The van der Waals surface area contributed by atoms with Gasteiger partial charge < -0.3 is 14.1 Å². The number of rotatable bonds is 6. The van der Waals surface area contributed by atoms with E-state index < -0.39 is 0 Å². The number of halogens is 5. The van der Waals surface area contributed by atoms with E-state index in [-0.39, 0.29) is 49.1 Å². The predicted molar refractivity (Wildman–Crippen MR) is 118 cm³/mol. The van der Waals surface area contributed by atoms with Gasteiger partial charge in [0.05, 0.1) is 21.3 Å². The molecule has 1 aromatic carbocycles. The highest BCUT2D eigenvalue weighted by atomic mass is 35.5. The fourth-order valence-electron chi connectivity index (χ4n) is 2.64. The first kappa shape index (κ1) is 23.1. The molecule has 1 amide bonds. The molecule has 0 fully saturated rings.